The second kappa shape index (κ2) is 10.5. The first kappa shape index (κ1) is 23.5. The van der Waals surface area contributed by atoms with Crippen LogP contribution in [0.5, 0.6) is 11.5 Å². The Balaban J connectivity index is 1.37. The summed E-state index contributed by atoms with van der Waals surface area (Å²) in [5.74, 6) is 1.05. The van der Waals surface area contributed by atoms with E-state index in [-0.39, 0.29) is 29.0 Å². The molecule has 3 unspecified atom stereocenters. The van der Waals surface area contributed by atoms with Gasteiger partial charge in [-0.05, 0) is 54.7 Å². The van der Waals surface area contributed by atoms with Crippen LogP contribution in [0.3, 0.4) is 0 Å². The van der Waals surface area contributed by atoms with E-state index in [0.717, 1.165) is 24.0 Å². The molecule has 8 heteroatoms. The number of hydrogen-bond acceptors (Lipinski definition) is 5. The molecule has 1 aliphatic carbocycles. The molecule has 4 rings (SSSR count). The van der Waals surface area contributed by atoms with Crippen LogP contribution in [-0.4, -0.2) is 37.3 Å². The molecule has 1 heterocycles. The molecule has 2 aliphatic rings. The number of carbonyl (C=O) groups excluding carboxylic acids is 2. The minimum Gasteiger partial charge on any atom is -0.493 e. The first-order chi connectivity index (χ1) is 16.0. The highest BCUT2D eigenvalue weighted by Crippen LogP contribution is 2.40. The van der Waals surface area contributed by atoms with Crippen molar-refractivity contribution in [2.75, 3.05) is 14.2 Å². The van der Waals surface area contributed by atoms with E-state index in [1.165, 1.54) is 0 Å². The number of fused-ring (bicyclic) bond motifs is 1. The molecule has 3 atom stereocenters. The predicted octanol–water partition coefficient (Wildman–Crippen LogP) is 4.41. The van der Waals surface area contributed by atoms with Crippen LogP contribution in [-0.2, 0) is 16.1 Å². The Morgan fingerprint density at radius 2 is 1.97 bits per heavy atom. The molecule has 2 amide bonds. The molecule has 0 radical (unpaired) electrons. The average molecular weight is 487 g/mol. The maximum absolute atomic E-state index is 12.8. The van der Waals surface area contributed by atoms with Gasteiger partial charge in [0.1, 0.15) is 0 Å². The topological polar surface area (TPSA) is 76.7 Å². The van der Waals surface area contributed by atoms with Gasteiger partial charge in [0.25, 0.3) is 5.91 Å². The summed E-state index contributed by atoms with van der Waals surface area (Å²) in [7, 11) is 3.18. The largest absolute Gasteiger partial charge is 0.493 e. The number of ether oxygens (including phenoxy) is 2. The number of thioether (sulfide) groups is 1. The summed E-state index contributed by atoms with van der Waals surface area (Å²) in [6.45, 7) is 0.405. The summed E-state index contributed by atoms with van der Waals surface area (Å²) < 4.78 is 10.6. The Hall–Kier alpha value is -2.64. The number of hydrogen-bond donors (Lipinski definition) is 2. The van der Waals surface area contributed by atoms with Crippen molar-refractivity contribution >= 4 is 41.3 Å². The highest BCUT2D eigenvalue weighted by atomic mass is 35.5. The fraction of sp³-hybridized carbons (Fsp3) is 0.360. The number of methoxy groups -OCH3 is 2. The van der Waals surface area contributed by atoms with Gasteiger partial charge >= 0.3 is 0 Å². The maximum atomic E-state index is 12.8. The van der Waals surface area contributed by atoms with Crippen LogP contribution < -0.4 is 20.1 Å². The molecule has 6 nitrogen and oxygen atoms in total. The second-order valence-corrected chi connectivity index (χ2v) is 9.87. The van der Waals surface area contributed by atoms with Crippen LogP contribution in [0, 0.1) is 5.92 Å². The third-order valence-electron chi connectivity index (χ3n) is 6.09. The summed E-state index contributed by atoms with van der Waals surface area (Å²) in [5, 5.41) is 7.02. The third-order valence-corrected chi connectivity index (χ3v) is 7.89. The van der Waals surface area contributed by atoms with Gasteiger partial charge in [-0.1, -0.05) is 35.9 Å². The van der Waals surface area contributed by atoms with E-state index >= 15 is 0 Å². The van der Waals surface area contributed by atoms with Gasteiger partial charge in [0.15, 0.2) is 11.5 Å². The SMILES string of the molecule is COc1ccc(/C=C2/SC3CCC(C(=O)NCc4ccccc4Cl)CC3NC2=O)cc1OC. The van der Waals surface area contributed by atoms with Crippen molar-refractivity contribution in [1.82, 2.24) is 10.6 Å². The number of rotatable bonds is 6. The molecule has 2 aromatic carbocycles. The Labute approximate surface area is 203 Å². The van der Waals surface area contributed by atoms with E-state index in [1.807, 2.05) is 48.5 Å². The number of nitrogens with one attached hydrogen (secondary N) is 2. The Bertz CT molecular complexity index is 1070. The average Bonchev–Trinajstić information content (AvgIpc) is 2.83. The van der Waals surface area contributed by atoms with Crippen LogP contribution in [0.25, 0.3) is 6.08 Å². The van der Waals surface area contributed by atoms with E-state index in [2.05, 4.69) is 10.6 Å². The quantitative estimate of drug-likeness (QED) is 0.591. The standard InChI is InChI=1S/C25H27ClN2O4S/c1-31-20-9-7-15(11-21(20)32-2)12-23-25(30)28-19-13-16(8-10-22(19)33-23)24(29)27-14-17-5-3-4-6-18(17)26/h3-7,9,11-12,16,19,22H,8,10,13-14H2,1-2H3,(H,27,29)(H,28,30)/b23-12+. The van der Waals surface area contributed by atoms with Crippen molar-refractivity contribution in [3.63, 3.8) is 0 Å². The van der Waals surface area contributed by atoms with Crippen molar-refractivity contribution in [3.8, 4) is 11.5 Å². The van der Waals surface area contributed by atoms with Crippen LogP contribution >= 0.6 is 23.4 Å². The fourth-order valence-electron chi connectivity index (χ4n) is 4.29. The number of carbonyl (C=O) groups is 2. The Kier molecular flexibility index (Phi) is 7.50. The molecule has 174 valence electrons. The zero-order chi connectivity index (χ0) is 23.4. The lowest BCUT2D eigenvalue weighted by molar-refractivity contribution is -0.127. The van der Waals surface area contributed by atoms with E-state index < -0.39 is 0 Å². The van der Waals surface area contributed by atoms with E-state index in [0.29, 0.717) is 34.4 Å². The molecule has 33 heavy (non-hydrogen) atoms. The maximum Gasteiger partial charge on any atom is 0.257 e. The van der Waals surface area contributed by atoms with Crippen molar-refractivity contribution in [1.29, 1.82) is 0 Å². The monoisotopic (exact) mass is 486 g/mol. The van der Waals surface area contributed by atoms with Gasteiger partial charge in [0, 0.05) is 28.8 Å². The van der Waals surface area contributed by atoms with Crippen LogP contribution in [0.1, 0.15) is 30.4 Å². The Morgan fingerprint density at radius 3 is 2.73 bits per heavy atom. The summed E-state index contributed by atoms with van der Waals surface area (Å²) in [4.78, 5) is 26.2. The Morgan fingerprint density at radius 1 is 1.18 bits per heavy atom. The molecular weight excluding hydrogens is 460 g/mol. The molecule has 0 aromatic heterocycles. The van der Waals surface area contributed by atoms with Gasteiger partial charge in [-0.25, -0.2) is 0 Å². The van der Waals surface area contributed by atoms with Gasteiger partial charge in [-0.15, -0.1) is 11.8 Å². The highest BCUT2D eigenvalue weighted by Gasteiger charge is 2.39. The lowest BCUT2D eigenvalue weighted by Crippen LogP contribution is -2.51. The smallest absolute Gasteiger partial charge is 0.257 e. The van der Waals surface area contributed by atoms with Gasteiger partial charge in [0.2, 0.25) is 5.91 Å². The summed E-state index contributed by atoms with van der Waals surface area (Å²) in [6, 6.07) is 13.0. The fourth-order valence-corrected chi connectivity index (χ4v) is 5.79. The van der Waals surface area contributed by atoms with E-state index in [1.54, 1.807) is 26.0 Å². The minimum atomic E-state index is -0.119. The van der Waals surface area contributed by atoms with Crippen LogP contribution in [0.2, 0.25) is 5.02 Å². The summed E-state index contributed by atoms with van der Waals surface area (Å²) >= 11 is 7.78. The van der Waals surface area contributed by atoms with Gasteiger partial charge in [-0.2, -0.15) is 0 Å². The first-order valence-corrected chi connectivity index (χ1v) is 12.2. The van der Waals surface area contributed by atoms with Crippen LogP contribution in [0.4, 0.5) is 0 Å². The molecule has 0 bridgehead atoms. The number of amides is 2. The minimum absolute atomic E-state index is 0.0132. The zero-order valence-electron chi connectivity index (χ0n) is 18.6. The van der Waals surface area contributed by atoms with Crippen molar-refractivity contribution in [2.24, 2.45) is 5.92 Å². The van der Waals surface area contributed by atoms with Crippen LogP contribution in [0.15, 0.2) is 47.4 Å². The summed E-state index contributed by atoms with van der Waals surface area (Å²) in [6.07, 6.45) is 4.17. The molecule has 1 saturated carbocycles. The van der Waals surface area contributed by atoms with E-state index in [4.69, 9.17) is 21.1 Å². The lowest BCUT2D eigenvalue weighted by atomic mass is 9.84. The normalized spacial score (nSPS) is 23.4. The first-order valence-electron chi connectivity index (χ1n) is 10.9. The van der Waals surface area contributed by atoms with Crippen molar-refractivity contribution < 1.29 is 19.1 Å². The van der Waals surface area contributed by atoms with Gasteiger partial charge < -0.3 is 20.1 Å². The molecular formula is C25H27ClN2O4S. The molecule has 2 N–H and O–H groups in total. The highest BCUT2D eigenvalue weighted by molar-refractivity contribution is 8.04. The van der Waals surface area contributed by atoms with Gasteiger partial charge in [-0.3, -0.25) is 9.59 Å². The number of benzene rings is 2. The number of halogens is 1. The molecule has 1 saturated heterocycles. The lowest BCUT2D eigenvalue weighted by Gasteiger charge is -2.39. The van der Waals surface area contributed by atoms with Crippen molar-refractivity contribution in [3.05, 3.63) is 63.5 Å². The predicted molar refractivity (Wildman–Crippen MR) is 131 cm³/mol. The third kappa shape index (κ3) is 5.47. The summed E-state index contributed by atoms with van der Waals surface area (Å²) in [5.41, 5.74) is 1.77. The van der Waals surface area contributed by atoms with E-state index in [9.17, 15) is 9.59 Å². The molecule has 2 fully saturated rings. The zero-order valence-corrected chi connectivity index (χ0v) is 20.2. The second-order valence-electron chi connectivity index (χ2n) is 8.18. The van der Waals surface area contributed by atoms with Crippen molar-refractivity contribution in [2.45, 2.75) is 37.1 Å². The molecule has 0 spiro atoms. The molecule has 2 aromatic rings. The molecule has 1 aliphatic heterocycles. The van der Waals surface area contributed by atoms with Gasteiger partial charge in [0.05, 0.1) is 19.1 Å².